The highest BCUT2D eigenvalue weighted by molar-refractivity contribution is 7.86. The van der Waals surface area contributed by atoms with Crippen LogP contribution < -0.4 is 11.5 Å². The summed E-state index contributed by atoms with van der Waals surface area (Å²) in [5.41, 5.74) is 10.5. The van der Waals surface area contributed by atoms with Gasteiger partial charge in [-0.05, 0) is 12.8 Å². The maximum absolute atomic E-state index is 11.1. The second-order valence-corrected chi connectivity index (χ2v) is 7.07. The summed E-state index contributed by atoms with van der Waals surface area (Å²) in [7, 11) is -8.78. The van der Waals surface area contributed by atoms with E-state index in [1.54, 1.807) is 0 Å². The molecule has 110 valence electrons. The first-order valence-corrected chi connectivity index (χ1v) is 8.15. The topological polar surface area (TPSA) is 181 Å². The summed E-state index contributed by atoms with van der Waals surface area (Å²) >= 11 is 0. The Hall–Kier alpha value is -0.300. The quantitative estimate of drug-likeness (QED) is 0.304. The molecule has 9 nitrogen and oxygen atoms in total. The van der Waals surface area contributed by atoms with Crippen LogP contribution in [0.15, 0.2) is 0 Å². The van der Waals surface area contributed by atoms with Crippen molar-refractivity contribution in [3.05, 3.63) is 0 Å². The molecule has 7 N–H and O–H groups in total. The van der Waals surface area contributed by atoms with Crippen molar-refractivity contribution in [2.45, 2.75) is 30.2 Å². The van der Waals surface area contributed by atoms with Gasteiger partial charge >= 0.3 is 0 Å². The third kappa shape index (κ3) is 6.58. The maximum Gasteiger partial charge on any atom is 0.269 e. The van der Waals surface area contributed by atoms with Gasteiger partial charge in [-0.2, -0.15) is 16.8 Å². The summed E-state index contributed by atoms with van der Waals surface area (Å²) in [5, 5.41) is 7.78. The predicted octanol–water partition coefficient (Wildman–Crippen LogP) is -2.44. The van der Waals surface area contributed by atoms with E-state index in [2.05, 4.69) is 0 Å². The van der Waals surface area contributed by atoms with Gasteiger partial charge in [0.05, 0.1) is 17.9 Å². The molecule has 18 heavy (non-hydrogen) atoms. The van der Waals surface area contributed by atoms with Crippen molar-refractivity contribution in [2.24, 2.45) is 11.5 Å². The average Bonchev–Trinajstić information content (AvgIpc) is 2.19. The van der Waals surface area contributed by atoms with Crippen molar-refractivity contribution >= 4 is 20.2 Å². The number of rotatable bonds is 8. The predicted molar refractivity (Wildman–Crippen MR) is 64.0 cm³/mol. The Bertz CT molecular complexity index is 446. The van der Waals surface area contributed by atoms with E-state index < -0.39 is 43.4 Å². The molecule has 11 heteroatoms. The number of aliphatic hydroxyl groups excluding tert-OH is 1. The lowest BCUT2D eigenvalue weighted by atomic mass is 10.0. The van der Waals surface area contributed by atoms with E-state index in [1.807, 2.05) is 0 Å². The van der Waals surface area contributed by atoms with Gasteiger partial charge in [-0.15, -0.1) is 0 Å². The van der Waals surface area contributed by atoms with Gasteiger partial charge in [0.2, 0.25) is 0 Å². The van der Waals surface area contributed by atoms with Crippen LogP contribution in [0, 0.1) is 0 Å². The fraction of sp³-hybridized carbons (Fsp3) is 1.00. The van der Waals surface area contributed by atoms with Gasteiger partial charge in [0, 0.05) is 6.54 Å². The van der Waals surface area contributed by atoms with Gasteiger partial charge in [0.1, 0.15) is 5.25 Å². The van der Waals surface area contributed by atoms with Crippen LogP contribution in [0.25, 0.3) is 0 Å². The van der Waals surface area contributed by atoms with Crippen molar-refractivity contribution in [3.63, 3.8) is 0 Å². The molecular weight excluding hydrogens is 288 g/mol. The van der Waals surface area contributed by atoms with E-state index in [9.17, 15) is 21.9 Å². The Morgan fingerprint density at radius 3 is 1.94 bits per heavy atom. The first-order valence-electron chi connectivity index (χ1n) is 5.04. The van der Waals surface area contributed by atoms with Crippen LogP contribution in [0.3, 0.4) is 0 Å². The first-order chi connectivity index (χ1) is 7.99. The molecule has 0 radical (unpaired) electrons. The SMILES string of the molecule is NCC(O)C(N)C(CCCS(=O)(=O)O)S(=O)(=O)O. The van der Waals surface area contributed by atoms with Gasteiger partial charge in [0.15, 0.2) is 0 Å². The molecule has 0 rings (SSSR count). The summed E-state index contributed by atoms with van der Waals surface area (Å²) < 4.78 is 60.5. The van der Waals surface area contributed by atoms with Crippen LogP contribution in [0.1, 0.15) is 12.8 Å². The molecule has 0 aliphatic heterocycles. The fourth-order valence-corrected chi connectivity index (χ4v) is 2.99. The van der Waals surface area contributed by atoms with Crippen molar-refractivity contribution in [1.82, 2.24) is 0 Å². The largest absolute Gasteiger partial charge is 0.390 e. The monoisotopic (exact) mass is 306 g/mol. The van der Waals surface area contributed by atoms with E-state index in [4.69, 9.17) is 20.6 Å². The minimum atomic E-state index is -4.55. The minimum Gasteiger partial charge on any atom is -0.390 e. The molecule has 0 aromatic rings. The molecule has 0 heterocycles. The van der Waals surface area contributed by atoms with Crippen LogP contribution >= 0.6 is 0 Å². The molecule has 0 spiro atoms. The van der Waals surface area contributed by atoms with Crippen LogP contribution in [-0.4, -0.2) is 60.7 Å². The molecule has 0 saturated heterocycles. The highest BCUT2D eigenvalue weighted by atomic mass is 32.2. The second-order valence-electron chi connectivity index (χ2n) is 3.86. The zero-order valence-corrected chi connectivity index (χ0v) is 11.1. The van der Waals surface area contributed by atoms with Gasteiger partial charge in [-0.3, -0.25) is 9.11 Å². The summed E-state index contributed by atoms with van der Waals surface area (Å²) in [5.74, 6) is -0.662. The lowest BCUT2D eigenvalue weighted by Crippen LogP contribution is -2.51. The summed E-state index contributed by atoms with van der Waals surface area (Å²) in [6.07, 6.45) is -1.90. The maximum atomic E-state index is 11.1. The van der Waals surface area contributed by atoms with E-state index in [-0.39, 0.29) is 19.4 Å². The molecule has 3 unspecified atom stereocenters. The minimum absolute atomic E-state index is 0.228. The van der Waals surface area contributed by atoms with Crippen molar-refractivity contribution in [1.29, 1.82) is 0 Å². The molecular formula is C7H18N2O7S2. The molecule has 0 aromatic heterocycles. The molecule has 0 aliphatic carbocycles. The Kier molecular flexibility index (Phi) is 6.63. The molecule has 0 bridgehead atoms. The Balaban J connectivity index is 4.73. The van der Waals surface area contributed by atoms with Gasteiger partial charge < -0.3 is 16.6 Å². The molecule has 0 amide bonds. The Labute approximate surface area is 106 Å². The lowest BCUT2D eigenvalue weighted by molar-refractivity contribution is 0.146. The third-order valence-electron chi connectivity index (χ3n) is 2.39. The number of nitrogens with two attached hydrogens (primary N) is 2. The smallest absolute Gasteiger partial charge is 0.269 e. The standard InChI is InChI=1S/C7H18N2O7S2/c8-4-5(10)7(9)6(18(14,15)16)2-1-3-17(11,12)13/h5-7,10H,1-4,8-9H2,(H,11,12,13)(H,14,15,16). The molecule has 3 atom stereocenters. The second kappa shape index (κ2) is 6.75. The fourth-order valence-electron chi connectivity index (χ4n) is 1.41. The number of hydrogen-bond acceptors (Lipinski definition) is 7. The zero-order valence-electron chi connectivity index (χ0n) is 9.51. The molecule has 0 aromatic carbocycles. The summed E-state index contributed by atoms with van der Waals surface area (Å²) in [6, 6.07) is -1.34. The lowest BCUT2D eigenvalue weighted by Gasteiger charge is -2.24. The zero-order chi connectivity index (χ0) is 14.6. The van der Waals surface area contributed by atoms with Gasteiger partial charge in [-0.1, -0.05) is 0 Å². The van der Waals surface area contributed by atoms with Gasteiger partial charge in [-0.25, -0.2) is 0 Å². The van der Waals surface area contributed by atoms with Crippen LogP contribution in [0.5, 0.6) is 0 Å². The van der Waals surface area contributed by atoms with Crippen molar-refractivity contribution < 1.29 is 31.0 Å². The van der Waals surface area contributed by atoms with Crippen LogP contribution in [-0.2, 0) is 20.2 Å². The molecule has 0 fully saturated rings. The molecule has 0 aliphatic rings. The van der Waals surface area contributed by atoms with E-state index >= 15 is 0 Å². The number of aliphatic hydroxyl groups is 1. The Morgan fingerprint density at radius 2 is 1.61 bits per heavy atom. The first kappa shape index (κ1) is 17.7. The molecule has 0 saturated carbocycles. The highest BCUT2D eigenvalue weighted by Crippen LogP contribution is 2.14. The van der Waals surface area contributed by atoms with Crippen molar-refractivity contribution in [2.75, 3.05) is 12.3 Å². The Morgan fingerprint density at radius 1 is 1.11 bits per heavy atom. The normalized spacial score (nSPS) is 18.3. The van der Waals surface area contributed by atoms with E-state index in [1.165, 1.54) is 0 Å². The van der Waals surface area contributed by atoms with Crippen LogP contribution in [0.2, 0.25) is 0 Å². The third-order valence-corrected chi connectivity index (χ3v) is 4.51. The van der Waals surface area contributed by atoms with Crippen LogP contribution in [0.4, 0.5) is 0 Å². The summed E-state index contributed by atoms with van der Waals surface area (Å²) in [6.45, 7) is -0.300. The van der Waals surface area contributed by atoms with E-state index in [0.717, 1.165) is 0 Å². The summed E-state index contributed by atoms with van der Waals surface area (Å²) in [4.78, 5) is 0. The highest BCUT2D eigenvalue weighted by Gasteiger charge is 2.33. The van der Waals surface area contributed by atoms with E-state index in [0.29, 0.717) is 0 Å². The average molecular weight is 306 g/mol. The number of hydrogen-bond donors (Lipinski definition) is 5. The van der Waals surface area contributed by atoms with Crippen molar-refractivity contribution in [3.8, 4) is 0 Å². The van der Waals surface area contributed by atoms with Gasteiger partial charge in [0.25, 0.3) is 20.2 Å².